The largest absolute Gasteiger partial charge is 0.350 e. The summed E-state index contributed by atoms with van der Waals surface area (Å²) >= 11 is 0. The van der Waals surface area contributed by atoms with E-state index in [-0.39, 0.29) is 11.8 Å². The standard InChI is InChI=1S/C21H32N6O/c1-3-8-26-14-18(16(2)23-26)13-25-9-5-10-27-20(15-25)11-19(24-27)12-22-21(28)17-6-4-7-17/h11,14,17H,3-10,12-13,15H2,1-2H3,(H,22,28). The molecule has 1 aliphatic heterocycles. The van der Waals surface area contributed by atoms with E-state index < -0.39 is 0 Å². The van der Waals surface area contributed by atoms with E-state index in [1.165, 1.54) is 17.7 Å². The zero-order chi connectivity index (χ0) is 19.5. The summed E-state index contributed by atoms with van der Waals surface area (Å²) in [6.45, 7) is 9.62. The molecule has 0 radical (unpaired) electrons. The van der Waals surface area contributed by atoms with Crippen molar-refractivity contribution < 1.29 is 4.79 Å². The number of aromatic nitrogens is 4. The number of hydrogen-bond donors (Lipinski definition) is 1. The van der Waals surface area contributed by atoms with Crippen molar-refractivity contribution in [3.63, 3.8) is 0 Å². The Labute approximate surface area is 167 Å². The lowest BCUT2D eigenvalue weighted by molar-refractivity contribution is -0.127. The molecule has 0 saturated heterocycles. The summed E-state index contributed by atoms with van der Waals surface area (Å²) in [5, 5.41) is 12.4. The molecular weight excluding hydrogens is 352 g/mol. The molecular formula is C21H32N6O. The van der Waals surface area contributed by atoms with E-state index in [9.17, 15) is 4.79 Å². The van der Waals surface area contributed by atoms with Crippen molar-refractivity contribution in [3.05, 3.63) is 34.9 Å². The van der Waals surface area contributed by atoms with Crippen LogP contribution in [-0.2, 0) is 37.5 Å². The molecule has 0 aromatic carbocycles. The Morgan fingerprint density at radius 2 is 2.11 bits per heavy atom. The number of aryl methyl sites for hydroxylation is 3. The minimum absolute atomic E-state index is 0.190. The monoisotopic (exact) mass is 384 g/mol. The van der Waals surface area contributed by atoms with Crippen molar-refractivity contribution >= 4 is 5.91 Å². The predicted octanol–water partition coefficient (Wildman–Crippen LogP) is 2.62. The predicted molar refractivity (Wildman–Crippen MR) is 107 cm³/mol. The van der Waals surface area contributed by atoms with E-state index in [1.807, 2.05) is 0 Å². The summed E-state index contributed by atoms with van der Waals surface area (Å²) < 4.78 is 4.19. The van der Waals surface area contributed by atoms with Gasteiger partial charge in [0.25, 0.3) is 0 Å². The van der Waals surface area contributed by atoms with Crippen LogP contribution >= 0.6 is 0 Å². The fourth-order valence-corrected chi connectivity index (χ4v) is 4.10. The van der Waals surface area contributed by atoms with Crippen molar-refractivity contribution in [1.82, 2.24) is 29.8 Å². The number of carbonyl (C=O) groups is 1. The number of fused-ring (bicyclic) bond motifs is 1. The summed E-state index contributed by atoms with van der Waals surface area (Å²) in [5.41, 5.74) is 4.65. The SMILES string of the molecule is CCCn1cc(CN2CCCn3nc(CNC(=O)C4CCC4)cc3C2)c(C)n1. The zero-order valence-corrected chi connectivity index (χ0v) is 17.2. The fourth-order valence-electron chi connectivity index (χ4n) is 4.10. The molecule has 1 saturated carbocycles. The molecule has 152 valence electrons. The molecule has 0 spiro atoms. The highest BCUT2D eigenvalue weighted by Crippen LogP contribution is 2.26. The van der Waals surface area contributed by atoms with Crippen molar-refractivity contribution in [2.45, 2.75) is 78.7 Å². The van der Waals surface area contributed by atoms with Crippen LogP contribution in [0.1, 0.15) is 61.7 Å². The van der Waals surface area contributed by atoms with Gasteiger partial charge in [0.1, 0.15) is 0 Å². The van der Waals surface area contributed by atoms with Crippen molar-refractivity contribution in [2.24, 2.45) is 5.92 Å². The molecule has 2 aromatic rings. The van der Waals surface area contributed by atoms with E-state index in [4.69, 9.17) is 5.10 Å². The van der Waals surface area contributed by atoms with Crippen molar-refractivity contribution in [1.29, 1.82) is 0 Å². The summed E-state index contributed by atoms with van der Waals surface area (Å²) in [4.78, 5) is 14.6. The van der Waals surface area contributed by atoms with E-state index in [0.29, 0.717) is 6.54 Å². The maximum absolute atomic E-state index is 12.1. The van der Waals surface area contributed by atoms with Gasteiger partial charge >= 0.3 is 0 Å². The van der Waals surface area contributed by atoms with E-state index in [1.54, 1.807) is 0 Å². The minimum atomic E-state index is 0.190. The fraction of sp³-hybridized carbons (Fsp3) is 0.667. The smallest absolute Gasteiger partial charge is 0.223 e. The van der Waals surface area contributed by atoms with E-state index in [0.717, 1.165) is 69.8 Å². The first-order valence-corrected chi connectivity index (χ1v) is 10.7. The van der Waals surface area contributed by atoms with E-state index >= 15 is 0 Å². The molecule has 0 unspecified atom stereocenters. The van der Waals surface area contributed by atoms with Gasteiger partial charge in [-0.3, -0.25) is 19.1 Å². The van der Waals surface area contributed by atoms with Gasteiger partial charge in [-0.05, 0) is 38.7 Å². The quantitative estimate of drug-likeness (QED) is 0.797. The van der Waals surface area contributed by atoms with Gasteiger partial charge in [-0.25, -0.2) is 0 Å². The number of hydrogen-bond acceptors (Lipinski definition) is 4. The third kappa shape index (κ3) is 4.29. The summed E-state index contributed by atoms with van der Waals surface area (Å²) in [6, 6.07) is 2.16. The molecule has 4 rings (SSSR count). The third-order valence-electron chi connectivity index (χ3n) is 5.96. The van der Waals surface area contributed by atoms with Crippen LogP contribution in [0.4, 0.5) is 0 Å². The first-order chi connectivity index (χ1) is 13.6. The Hall–Kier alpha value is -2.15. The first-order valence-electron chi connectivity index (χ1n) is 10.7. The lowest BCUT2D eigenvalue weighted by atomic mass is 9.85. The highest BCUT2D eigenvalue weighted by atomic mass is 16.1. The van der Waals surface area contributed by atoms with Crippen LogP contribution in [0.3, 0.4) is 0 Å². The number of amides is 1. The van der Waals surface area contributed by atoms with Gasteiger partial charge < -0.3 is 5.32 Å². The molecule has 1 amide bonds. The van der Waals surface area contributed by atoms with Crippen LogP contribution < -0.4 is 5.32 Å². The van der Waals surface area contributed by atoms with E-state index in [2.05, 4.69) is 50.8 Å². The van der Waals surface area contributed by atoms with Crippen molar-refractivity contribution in [2.75, 3.05) is 6.54 Å². The second kappa shape index (κ2) is 8.47. The first kappa shape index (κ1) is 19.2. The number of carbonyl (C=O) groups excluding carboxylic acids is 1. The molecule has 1 fully saturated rings. The van der Waals surface area contributed by atoms with Gasteiger partial charge in [-0.1, -0.05) is 13.3 Å². The number of nitrogens with zero attached hydrogens (tertiary/aromatic N) is 5. The average molecular weight is 385 g/mol. The Bertz CT molecular complexity index is 819. The third-order valence-corrected chi connectivity index (χ3v) is 5.96. The van der Waals surface area contributed by atoms with Crippen LogP contribution in [0.15, 0.2) is 12.3 Å². The lowest BCUT2D eigenvalue weighted by Crippen LogP contribution is -2.34. The maximum Gasteiger partial charge on any atom is 0.223 e. The molecule has 0 bridgehead atoms. The Balaban J connectivity index is 1.37. The highest BCUT2D eigenvalue weighted by molar-refractivity contribution is 5.79. The topological polar surface area (TPSA) is 68.0 Å². The maximum atomic E-state index is 12.1. The summed E-state index contributed by atoms with van der Waals surface area (Å²) in [6.07, 6.45) is 7.64. The van der Waals surface area contributed by atoms with Crippen LogP contribution in [0, 0.1) is 12.8 Å². The Kier molecular flexibility index (Phi) is 5.80. The second-order valence-corrected chi connectivity index (χ2v) is 8.26. The van der Waals surface area contributed by atoms with Crippen LogP contribution in [0.25, 0.3) is 0 Å². The molecule has 7 heteroatoms. The highest BCUT2D eigenvalue weighted by Gasteiger charge is 2.25. The molecule has 2 aromatic heterocycles. The van der Waals surface area contributed by atoms with Gasteiger partial charge in [0, 0.05) is 50.4 Å². The van der Waals surface area contributed by atoms with Gasteiger partial charge in [0.05, 0.1) is 23.6 Å². The molecule has 28 heavy (non-hydrogen) atoms. The van der Waals surface area contributed by atoms with Gasteiger partial charge in [-0.2, -0.15) is 10.2 Å². The molecule has 0 atom stereocenters. The molecule has 1 N–H and O–H groups in total. The zero-order valence-electron chi connectivity index (χ0n) is 17.2. The molecule has 7 nitrogen and oxygen atoms in total. The van der Waals surface area contributed by atoms with Gasteiger partial charge in [0.15, 0.2) is 0 Å². The van der Waals surface area contributed by atoms with Gasteiger partial charge in [-0.15, -0.1) is 0 Å². The normalized spacial score (nSPS) is 17.8. The van der Waals surface area contributed by atoms with Crippen LogP contribution in [-0.4, -0.2) is 36.9 Å². The average Bonchev–Trinajstić information content (AvgIpc) is 3.09. The van der Waals surface area contributed by atoms with Crippen molar-refractivity contribution in [3.8, 4) is 0 Å². The van der Waals surface area contributed by atoms with Crippen LogP contribution in [0.5, 0.6) is 0 Å². The number of nitrogens with one attached hydrogen (secondary N) is 1. The summed E-state index contributed by atoms with van der Waals surface area (Å²) in [5.74, 6) is 0.420. The Morgan fingerprint density at radius 1 is 1.25 bits per heavy atom. The van der Waals surface area contributed by atoms with Crippen LogP contribution in [0.2, 0.25) is 0 Å². The lowest BCUT2D eigenvalue weighted by Gasteiger charge is -2.23. The number of rotatable bonds is 7. The van der Waals surface area contributed by atoms with Gasteiger partial charge in [0.2, 0.25) is 5.91 Å². The molecule has 3 heterocycles. The molecule has 1 aliphatic carbocycles. The Morgan fingerprint density at radius 3 is 2.86 bits per heavy atom. The summed E-state index contributed by atoms with van der Waals surface area (Å²) in [7, 11) is 0. The second-order valence-electron chi connectivity index (χ2n) is 8.26. The molecule has 2 aliphatic rings. The minimum Gasteiger partial charge on any atom is -0.350 e.